The van der Waals surface area contributed by atoms with E-state index in [1.54, 1.807) is 25.3 Å². The van der Waals surface area contributed by atoms with Crippen molar-refractivity contribution in [2.45, 2.75) is 56.1 Å². The molecular formula is C30H37Cl2N2O4+. The normalized spacial score (nSPS) is 28.7. The summed E-state index contributed by atoms with van der Waals surface area (Å²) in [6.07, 6.45) is 5.41. The molecule has 2 aliphatic rings. The zero-order chi connectivity index (χ0) is 27.6. The Hall–Kier alpha value is -2.38. The minimum atomic E-state index is -0.442. The number of carbonyl (C=O) groups excluding carboxylic acids is 2. The Balaban J connectivity index is 1.65. The summed E-state index contributed by atoms with van der Waals surface area (Å²) >= 11 is 12.2. The lowest BCUT2D eigenvalue weighted by Gasteiger charge is -2.61. The van der Waals surface area contributed by atoms with Crippen molar-refractivity contribution >= 4 is 35.1 Å². The molecule has 1 aliphatic heterocycles. The molecule has 4 rings (SSSR count). The third-order valence-electron chi connectivity index (χ3n) is 8.40. The SMILES string of the molecule is C=CC[N@@+]1(C)CC[C@@]2(c3cccc(OC(C)=O)c3)C[C@@H](NC(=O)Cc3ccc(Cl)c(Cl)c3)CCC2(OC)C1. The van der Waals surface area contributed by atoms with E-state index in [-0.39, 0.29) is 29.8 Å². The summed E-state index contributed by atoms with van der Waals surface area (Å²) in [5.41, 5.74) is 1.09. The van der Waals surface area contributed by atoms with Crippen molar-refractivity contribution in [2.24, 2.45) is 0 Å². The van der Waals surface area contributed by atoms with E-state index < -0.39 is 5.60 Å². The highest BCUT2D eigenvalue weighted by molar-refractivity contribution is 6.42. The van der Waals surface area contributed by atoms with Crippen LogP contribution < -0.4 is 10.1 Å². The van der Waals surface area contributed by atoms with Gasteiger partial charge in [0, 0.05) is 31.9 Å². The zero-order valence-corrected chi connectivity index (χ0v) is 23.9. The second-order valence-corrected chi connectivity index (χ2v) is 11.9. The summed E-state index contributed by atoms with van der Waals surface area (Å²) in [6.45, 7) is 8.03. The fourth-order valence-corrected chi connectivity index (χ4v) is 7.01. The molecule has 1 saturated carbocycles. The molecule has 0 bridgehead atoms. The maximum absolute atomic E-state index is 13.1. The van der Waals surface area contributed by atoms with Crippen LogP contribution in [0.15, 0.2) is 55.1 Å². The average molecular weight is 561 g/mol. The summed E-state index contributed by atoms with van der Waals surface area (Å²) in [7, 11) is 4.06. The molecule has 2 aromatic rings. The maximum Gasteiger partial charge on any atom is 0.308 e. The number of carbonyl (C=O) groups is 2. The molecule has 1 unspecified atom stereocenters. The molecule has 4 atom stereocenters. The fraction of sp³-hybridized carbons (Fsp3) is 0.467. The molecular weight excluding hydrogens is 523 g/mol. The van der Waals surface area contributed by atoms with Gasteiger partial charge in [0.2, 0.25) is 5.91 Å². The number of likely N-dealkylation sites (tertiary alicyclic amines) is 1. The van der Waals surface area contributed by atoms with Gasteiger partial charge in [-0.1, -0.05) is 48.0 Å². The molecule has 1 saturated heterocycles. The van der Waals surface area contributed by atoms with Gasteiger partial charge < -0.3 is 19.3 Å². The van der Waals surface area contributed by atoms with Gasteiger partial charge in [-0.05, 0) is 60.7 Å². The Kier molecular flexibility index (Phi) is 8.58. The van der Waals surface area contributed by atoms with Gasteiger partial charge in [-0.3, -0.25) is 9.59 Å². The van der Waals surface area contributed by atoms with E-state index in [4.69, 9.17) is 32.7 Å². The highest BCUT2D eigenvalue weighted by Gasteiger charge is 2.62. The van der Waals surface area contributed by atoms with Crippen molar-refractivity contribution < 1.29 is 23.5 Å². The van der Waals surface area contributed by atoms with Gasteiger partial charge in [-0.25, -0.2) is 0 Å². The molecule has 1 heterocycles. The molecule has 1 amide bonds. The Morgan fingerprint density at radius 1 is 1.18 bits per heavy atom. The number of benzene rings is 2. The van der Waals surface area contributed by atoms with Crippen LogP contribution in [0.4, 0.5) is 0 Å². The number of methoxy groups -OCH3 is 1. The van der Waals surface area contributed by atoms with Crippen LogP contribution in [-0.4, -0.2) is 61.8 Å². The predicted molar refractivity (Wildman–Crippen MR) is 151 cm³/mol. The molecule has 204 valence electrons. The second-order valence-electron chi connectivity index (χ2n) is 11.1. The summed E-state index contributed by atoms with van der Waals surface area (Å²) in [6, 6.07) is 13.1. The van der Waals surface area contributed by atoms with Crippen molar-refractivity contribution in [1.29, 1.82) is 0 Å². The summed E-state index contributed by atoms with van der Waals surface area (Å²) in [4.78, 5) is 24.8. The number of amides is 1. The molecule has 38 heavy (non-hydrogen) atoms. The number of hydrogen-bond donors (Lipinski definition) is 1. The molecule has 0 radical (unpaired) electrons. The van der Waals surface area contributed by atoms with E-state index in [1.165, 1.54) is 6.92 Å². The monoisotopic (exact) mass is 559 g/mol. The first kappa shape index (κ1) is 28.6. The number of hydrogen-bond acceptors (Lipinski definition) is 4. The largest absolute Gasteiger partial charge is 0.427 e. The van der Waals surface area contributed by atoms with Crippen LogP contribution in [0.1, 0.15) is 43.7 Å². The molecule has 2 fully saturated rings. The van der Waals surface area contributed by atoms with Crippen LogP contribution in [0, 0.1) is 0 Å². The van der Waals surface area contributed by atoms with Gasteiger partial charge in [0.05, 0.1) is 36.6 Å². The van der Waals surface area contributed by atoms with Crippen molar-refractivity contribution in [3.05, 3.63) is 76.3 Å². The Bertz CT molecular complexity index is 1220. The lowest BCUT2D eigenvalue weighted by Crippen LogP contribution is -2.72. The van der Waals surface area contributed by atoms with E-state index in [0.29, 0.717) is 15.8 Å². The standard InChI is InChI=1S/C30H36Cl2N2O4/c1-5-14-34(3)15-13-29(23-7-6-8-25(18-23)38-21(2)35)19-24(11-12-30(29,20-34)37-4)33-28(36)17-22-9-10-26(31)27(32)16-22/h5-10,16,18,24H,1,11-15,17,19-20H2,2-4H3/p+1/t24-,29-,30?,34-/m0/s1. The van der Waals surface area contributed by atoms with Crippen molar-refractivity contribution in [3.63, 3.8) is 0 Å². The Morgan fingerprint density at radius 2 is 1.97 bits per heavy atom. The molecule has 2 aromatic carbocycles. The number of quaternary nitrogens is 1. The van der Waals surface area contributed by atoms with E-state index in [2.05, 4.69) is 25.0 Å². The highest BCUT2D eigenvalue weighted by atomic mass is 35.5. The van der Waals surface area contributed by atoms with Gasteiger partial charge >= 0.3 is 5.97 Å². The van der Waals surface area contributed by atoms with E-state index in [9.17, 15) is 9.59 Å². The average Bonchev–Trinajstić information content (AvgIpc) is 2.86. The number of likely N-dealkylation sites (N-methyl/N-ethyl adjacent to an activating group) is 1. The molecule has 1 N–H and O–H groups in total. The lowest BCUT2D eigenvalue weighted by atomic mass is 9.54. The topological polar surface area (TPSA) is 64.6 Å². The third kappa shape index (κ3) is 5.79. The summed E-state index contributed by atoms with van der Waals surface area (Å²) in [5, 5.41) is 4.19. The van der Waals surface area contributed by atoms with Gasteiger partial charge in [-0.15, -0.1) is 0 Å². The summed E-state index contributed by atoms with van der Waals surface area (Å²) in [5.74, 6) is 0.117. The van der Waals surface area contributed by atoms with Crippen LogP contribution in [0.2, 0.25) is 10.0 Å². The molecule has 1 aliphatic carbocycles. The van der Waals surface area contributed by atoms with Crippen LogP contribution in [0.25, 0.3) is 0 Å². The van der Waals surface area contributed by atoms with Crippen LogP contribution in [-0.2, 0) is 26.2 Å². The number of halogens is 2. The van der Waals surface area contributed by atoms with Gasteiger partial charge in [-0.2, -0.15) is 0 Å². The maximum atomic E-state index is 13.1. The number of nitrogens with one attached hydrogen (secondary N) is 1. The van der Waals surface area contributed by atoms with Gasteiger partial charge in [0.15, 0.2) is 0 Å². The number of rotatable bonds is 8. The first-order valence-corrected chi connectivity index (χ1v) is 13.8. The number of piperidine rings is 1. The summed E-state index contributed by atoms with van der Waals surface area (Å²) < 4.78 is 12.8. The number of ether oxygens (including phenoxy) is 2. The number of fused-ring (bicyclic) bond motifs is 1. The van der Waals surface area contributed by atoms with Crippen LogP contribution in [0.5, 0.6) is 5.75 Å². The minimum Gasteiger partial charge on any atom is -0.427 e. The molecule has 0 spiro atoms. The number of esters is 1. The zero-order valence-electron chi connectivity index (χ0n) is 22.4. The van der Waals surface area contributed by atoms with Gasteiger partial charge in [0.25, 0.3) is 0 Å². The van der Waals surface area contributed by atoms with Crippen molar-refractivity contribution in [1.82, 2.24) is 5.32 Å². The van der Waals surface area contributed by atoms with E-state index in [1.807, 2.05) is 24.3 Å². The fourth-order valence-electron chi connectivity index (χ4n) is 6.69. The minimum absolute atomic E-state index is 0.0258. The first-order valence-electron chi connectivity index (χ1n) is 13.1. The molecule has 0 aromatic heterocycles. The third-order valence-corrected chi connectivity index (χ3v) is 9.14. The molecule has 8 heteroatoms. The molecule has 6 nitrogen and oxygen atoms in total. The Morgan fingerprint density at radius 3 is 2.66 bits per heavy atom. The van der Waals surface area contributed by atoms with Crippen molar-refractivity contribution in [3.8, 4) is 5.75 Å². The first-order chi connectivity index (χ1) is 18.0. The highest BCUT2D eigenvalue weighted by Crippen LogP contribution is 2.54. The van der Waals surface area contributed by atoms with Crippen LogP contribution >= 0.6 is 23.2 Å². The quantitative estimate of drug-likeness (QED) is 0.201. The predicted octanol–water partition coefficient (Wildman–Crippen LogP) is 5.49. The van der Waals surface area contributed by atoms with Crippen molar-refractivity contribution in [2.75, 3.05) is 33.8 Å². The van der Waals surface area contributed by atoms with E-state index >= 15 is 0 Å². The number of nitrogens with zero attached hydrogens (tertiary/aromatic N) is 1. The Labute approximate surface area is 235 Å². The lowest BCUT2D eigenvalue weighted by molar-refractivity contribution is -0.918. The second kappa shape index (κ2) is 11.4. The smallest absolute Gasteiger partial charge is 0.308 e. The van der Waals surface area contributed by atoms with Crippen LogP contribution in [0.3, 0.4) is 0 Å². The van der Waals surface area contributed by atoms with Gasteiger partial charge in [0.1, 0.15) is 17.9 Å². The van der Waals surface area contributed by atoms with E-state index in [0.717, 1.165) is 60.9 Å².